The van der Waals surface area contributed by atoms with E-state index in [1.54, 1.807) is 12.3 Å². The molecule has 16 heteroatoms. The quantitative estimate of drug-likeness (QED) is 0.259. The van der Waals surface area contributed by atoms with Crippen LogP contribution in [0.1, 0.15) is 42.9 Å². The van der Waals surface area contributed by atoms with Crippen molar-refractivity contribution in [1.82, 2.24) is 20.3 Å². The monoisotopic (exact) mass is 655 g/mol. The van der Waals surface area contributed by atoms with Crippen LogP contribution in [0.15, 0.2) is 40.0 Å². The Labute approximate surface area is 260 Å². The molecular formula is C29H33F4N5O6S. The van der Waals surface area contributed by atoms with Gasteiger partial charge in [-0.05, 0) is 44.9 Å². The van der Waals surface area contributed by atoms with Gasteiger partial charge in [-0.2, -0.15) is 5.06 Å². The van der Waals surface area contributed by atoms with Gasteiger partial charge in [0.25, 0.3) is 5.92 Å². The van der Waals surface area contributed by atoms with Crippen LogP contribution in [0.5, 0.6) is 0 Å². The fraction of sp³-hybridized carbons (Fsp3) is 0.517. The second kappa shape index (κ2) is 12.4. The highest BCUT2D eigenvalue weighted by atomic mass is 32.1. The molecule has 0 amide bonds. The van der Waals surface area contributed by atoms with Crippen molar-refractivity contribution in [2.75, 3.05) is 32.8 Å². The molecule has 0 bridgehead atoms. The topological polar surface area (TPSA) is 137 Å². The van der Waals surface area contributed by atoms with Crippen molar-refractivity contribution in [2.45, 2.75) is 57.8 Å². The van der Waals surface area contributed by atoms with Gasteiger partial charge in [-0.25, -0.2) is 27.3 Å². The van der Waals surface area contributed by atoms with Gasteiger partial charge in [-0.15, -0.1) is 11.3 Å². The Morgan fingerprint density at radius 1 is 1.31 bits per heavy atom. The molecule has 45 heavy (non-hydrogen) atoms. The van der Waals surface area contributed by atoms with Crippen LogP contribution in [-0.2, 0) is 19.2 Å². The predicted molar refractivity (Wildman–Crippen MR) is 153 cm³/mol. The number of aromatic nitrogens is 1. The molecule has 2 saturated heterocycles. The number of aliphatic imine (C=N–C) groups is 1. The predicted octanol–water partition coefficient (Wildman–Crippen LogP) is 3.05. The van der Waals surface area contributed by atoms with Crippen molar-refractivity contribution in [1.29, 1.82) is 0 Å². The minimum atomic E-state index is -3.35. The number of rotatable bonds is 10. The number of aliphatic hydroxyl groups excluding tert-OH is 1. The number of nitrogens with one attached hydrogen (secondary N) is 1. The number of carboxylic acids is 1. The van der Waals surface area contributed by atoms with Gasteiger partial charge >= 0.3 is 11.9 Å². The number of amidine groups is 1. The molecule has 0 unspecified atom stereocenters. The number of likely N-dealkylation sites (tertiary alicyclic amines) is 1. The van der Waals surface area contributed by atoms with Gasteiger partial charge in [0.2, 0.25) is 0 Å². The number of β-amino-alcohol motifs (C(OH)–C–C–N with tert-alkyl or cyclic N) is 1. The number of fused-ring (bicyclic) bond motifs is 1. The molecule has 0 spiro atoms. The molecule has 0 aliphatic carbocycles. The van der Waals surface area contributed by atoms with E-state index in [0.29, 0.717) is 5.01 Å². The fourth-order valence-electron chi connectivity index (χ4n) is 5.70. The maximum Gasteiger partial charge on any atom is 0.338 e. The van der Waals surface area contributed by atoms with Crippen molar-refractivity contribution < 1.29 is 46.9 Å². The number of carbonyl (C=O) groups excluding carboxylic acids is 1. The number of hydroxylamine groups is 2. The third-order valence-electron chi connectivity index (χ3n) is 8.43. The van der Waals surface area contributed by atoms with Gasteiger partial charge in [0.05, 0.1) is 49.4 Å². The lowest BCUT2D eigenvalue weighted by atomic mass is 9.86. The van der Waals surface area contributed by atoms with E-state index >= 15 is 8.78 Å². The lowest BCUT2D eigenvalue weighted by Gasteiger charge is -2.32. The van der Waals surface area contributed by atoms with Crippen molar-refractivity contribution in [2.24, 2.45) is 10.4 Å². The highest BCUT2D eigenvalue weighted by Gasteiger charge is 2.61. The number of carboxylic acid groups (broad SMARTS) is 1. The molecule has 2 aromatic rings. The number of carbonyl (C=O) groups is 2. The third-order valence-corrected chi connectivity index (χ3v) is 9.21. The summed E-state index contributed by atoms with van der Waals surface area (Å²) in [5, 5.41) is 26.2. The largest absolute Gasteiger partial charge is 0.481 e. The van der Waals surface area contributed by atoms with Crippen LogP contribution in [0.25, 0.3) is 0 Å². The van der Waals surface area contributed by atoms with Crippen LogP contribution in [-0.4, -0.2) is 99.9 Å². The van der Waals surface area contributed by atoms with E-state index in [2.05, 4.69) is 15.3 Å². The zero-order valence-corrected chi connectivity index (χ0v) is 25.7. The smallest absolute Gasteiger partial charge is 0.338 e. The first-order valence-electron chi connectivity index (χ1n) is 14.2. The summed E-state index contributed by atoms with van der Waals surface area (Å²) in [5.74, 6) is -7.45. The Kier molecular flexibility index (Phi) is 9.07. The molecule has 3 N–H and O–H groups in total. The van der Waals surface area contributed by atoms with Crippen LogP contribution in [0.2, 0.25) is 0 Å². The van der Waals surface area contributed by atoms with Crippen molar-refractivity contribution in [3.8, 4) is 0 Å². The van der Waals surface area contributed by atoms with Crippen LogP contribution in [0.4, 0.5) is 17.6 Å². The number of hydrogen-bond acceptors (Lipinski definition) is 11. The number of hydrogen-bond donors (Lipinski definition) is 3. The van der Waals surface area contributed by atoms with Crippen LogP contribution in [0, 0.1) is 24.0 Å². The SMILES string of the molecule is CCOC(=O)C1=C(CN2CC(F)(F)[C@@H]3[C@H]2CON3C[C@H](O)C(C)(C)C(=O)O)NC(c2nccs2)=N[C@H]1c1ccc(F)c(F)c1C. The highest BCUT2D eigenvalue weighted by Crippen LogP contribution is 2.42. The number of aliphatic carboxylic acids is 1. The molecule has 3 aliphatic heterocycles. The van der Waals surface area contributed by atoms with E-state index in [0.717, 1.165) is 11.1 Å². The number of ether oxygens (including phenoxy) is 1. The van der Waals surface area contributed by atoms with Gasteiger partial charge in [0.15, 0.2) is 22.5 Å². The minimum Gasteiger partial charge on any atom is -0.481 e. The molecule has 0 radical (unpaired) electrons. The molecule has 4 atom stereocenters. The molecule has 1 aromatic heterocycles. The normalized spacial score (nSPS) is 24.3. The summed E-state index contributed by atoms with van der Waals surface area (Å²) in [5.41, 5.74) is -1.43. The van der Waals surface area contributed by atoms with Gasteiger partial charge < -0.3 is 20.3 Å². The number of benzene rings is 1. The van der Waals surface area contributed by atoms with Crippen molar-refractivity contribution in [3.63, 3.8) is 0 Å². The number of nitrogens with zero attached hydrogens (tertiary/aromatic N) is 4. The van der Waals surface area contributed by atoms with E-state index in [4.69, 9.17) is 9.57 Å². The Morgan fingerprint density at radius 2 is 2.04 bits per heavy atom. The molecule has 1 aromatic carbocycles. The molecule has 4 heterocycles. The first-order valence-corrected chi connectivity index (χ1v) is 15.1. The summed E-state index contributed by atoms with van der Waals surface area (Å²) in [7, 11) is 0. The Hall–Kier alpha value is -3.44. The standard InChI is InChI=1S/C29H33F4N5O6S/c1-5-43-26(40)20-17(35-24(25-34-8-9-45-25)36-22(20)15-6-7-16(30)21(31)14(15)2)10-37-13-29(32,33)23-18(37)12-44-38(23)11-19(39)28(3,4)27(41)42/h6-9,18-19,22-23,39H,5,10-13H2,1-4H3,(H,35,36)(H,41,42)/t18-,19+,22+,23+/m1/s1. The fourth-order valence-corrected chi connectivity index (χ4v) is 6.29. The molecule has 3 aliphatic rings. The summed E-state index contributed by atoms with van der Waals surface area (Å²) in [6.07, 6.45) is 0.0106. The highest BCUT2D eigenvalue weighted by molar-refractivity contribution is 7.11. The molecule has 5 rings (SSSR count). The number of aliphatic hydroxyl groups is 1. The number of thiazole rings is 1. The lowest BCUT2D eigenvalue weighted by Crippen LogP contribution is -2.51. The van der Waals surface area contributed by atoms with Crippen LogP contribution >= 0.6 is 11.3 Å². The van der Waals surface area contributed by atoms with E-state index in [-0.39, 0.29) is 48.0 Å². The summed E-state index contributed by atoms with van der Waals surface area (Å²) in [6, 6.07) is -1.38. The maximum absolute atomic E-state index is 15.6. The zero-order chi connectivity index (χ0) is 32.8. The Bertz CT molecular complexity index is 1540. The van der Waals surface area contributed by atoms with E-state index in [9.17, 15) is 28.6 Å². The molecule has 11 nitrogen and oxygen atoms in total. The van der Waals surface area contributed by atoms with Gasteiger partial charge in [-0.3, -0.25) is 19.5 Å². The first kappa shape index (κ1) is 32.9. The van der Waals surface area contributed by atoms with E-state index < -0.39 is 72.2 Å². The van der Waals surface area contributed by atoms with E-state index in [1.807, 2.05) is 0 Å². The maximum atomic E-state index is 15.6. The minimum absolute atomic E-state index is 0.0214. The molecule has 0 saturated carbocycles. The average molecular weight is 656 g/mol. The van der Waals surface area contributed by atoms with Crippen molar-refractivity contribution in [3.05, 3.63) is 62.7 Å². The summed E-state index contributed by atoms with van der Waals surface area (Å²) in [4.78, 5) is 41.0. The Balaban J connectivity index is 1.53. The van der Waals surface area contributed by atoms with E-state index in [1.165, 1.54) is 49.3 Å². The number of esters is 1. The first-order chi connectivity index (χ1) is 21.2. The van der Waals surface area contributed by atoms with Gasteiger partial charge in [-0.1, -0.05) is 6.07 Å². The van der Waals surface area contributed by atoms with Gasteiger partial charge in [0, 0.05) is 23.8 Å². The number of halogens is 4. The number of alkyl halides is 2. The van der Waals surface area contributed by atoms with Crippen molar-refractivity contribution >= 4 is 29.1 Å². The third kappa shape index (κ3) is 6.08. The Morgan fingerprint density at radius 3 is 2.69 bits per heavy atom. The second-order valence-electron chi connectivity index (χ2n) is 11.6. The summed E-state index contributed by atoms with van der Waals surface area (Å²) in [6.45, 7) is 3.84. The molecule has 244 valence electrons. The second-order valence-corrected chi connectivity index (χ2v) is 12.5. The van der Waals surface area contributed by atoms with Crippen LogP contribution in [0.3, 0.4) is 0 Å². The zero-order valence-electron chi connectivity index (χ0n) is 24.9. The molecule has 2 fully saturated rings. The summed E-state index contributed by atoms with van der Waals surface area (Å²) >= 11 is 1.22. The lowest BCUT2D eigenvalue weighted by molar-refractivity contribution is -0.202. The van der Waals surface area contributed by atoms with Crippen LogP contribution < -0.4 is 5.32 Å². The molecular weight excluding hydrogens is 622 g/mol. The van der Waals surface area contributed by atoms with Gasteiger partial charge in [0.1, 0.15) is 12.1 Å². The summed E-state index contributed by atoms with van der Waals surface area (Å²) < 4.78 is 65.4. The average Bonchev–Trinajstić information content (AvgIpc) is 3.71.